The molecule has 2 aliphatic carbocycles. The summed E-state index contributed by atoms with van der Waals surface area (Å²) in [6.45, 7) is 0. The quantitative estimate of drug-likeness (QED) is 0.137. The largest absolute Gasteiger partial charge is 0.264 e. The lowest BCUT2D eigenvalue weighted by Gasteiger charge is -2.34. The van der Waals surface area contributed by atoms with Crippen LogP contribution in [0, 0.1) is 0 Å². The van der Waals surface area contributed by atoms with Gasteiger partial charge in [0.15, 0.2) is 0 Å². The third-order valence-corrected chi connectivity index (χ3v) is 17.7. The molecule has 0 radical (unpaired) electrons. The second-order valence-electron chi connectivity index (χ2n) is 22.0. The zero-order chi connectivity index (χ0) is 55.6. The van der Waals surface area contributed by atoms with Gasteiger partial charge in [-0.15, -0.1) is 0 Å². The monoisotopic (exact) mass is 1070 g/mol. The Balaban J connectivity index is 0.977. The summed E-state index contributed by atoms with van der Waals surface area (Å²) in [4.78, 5) is 20.9. The normalized spacial score (nSPS) is 13.2. The van der Waals surface area contributed by atoms with Crippen LogP contribution in [0.15, 0.2) is 316 Å². The molecule has 0 atom stereocenters. The third kappa shape index (κ3) is 7.61. The summed E-state index contributed by atoms with van der Waals surface area (Å²) in [7, 11) is 0. The van der Waals surface area contributed by atoms with Crippen LogP contribution < -0.4 is 0 Å². The number of pyridine rings is 2. The van der Waals surface area contributed by atoms with Crippen molar-refractivity contribution in [2.45, 2.75) is 10.8 Å². The molecule has 16 rings (SSSR count). The van der Waals surface area contributed by atoms with E-state index in [4.69, 9.17) is 9.97 Å². The molecule has 0 unspecified atom stereocenters. The fraction of sp³-hybridized carbons (Fsp3) is 0.0250. The first-order valence-corrected chi connectivity index (χ1v) is 28.7. The van der Waals surface area contributed by atoms with E-state index in [1.54, 1.807) is 0 Å². The van der Waals surface area contributed by atoms with E-state index < -0.39 is 10.8 Å². The molecule has 0 spiro atoms. The minimum absolute atomic E-state index is 0.589. The molecule has 4 heteroatoms. The van der Waals surface area contributed by atoms with Gasteiger partial charge >= 0.3 is 0 Å². The summed E-state index contributed by atoms with van der Waals surface area (Å²) >= 11 is 0. The van der Waals surface area contributed by atoms with Crippen molar-refractivity contribution in [1.82, 2.24) is 19.9 Å². The Morgan fingerprint density at radius 3 is 0.881 bits per heavy atom. The molecule has 2 aliphatic rings. The van der Waals surface area contributed by atoms with Crippen LogP contribution >= 0.6 is 0 Å². The van der Waals surface area contributed by atoms with Crippen molar-refractivity contribution >= 4 is 11.0 Å². The number of benzene rings is 11. The predicted molar refractivity (Wildman–Crippen MR) is 342 cm³/mol. The van der Waals surface area contributed by atoms with Gasteiger partial charge in [-0.2, -0.15) is 0 Å². The number of fused-ring (bicyclic) bond motifs is 7. The highest BCUT2D eigenvalue weighted by molar-refractivity contribution is 6.04. The Morgan fingerprint density at radius 1 is 0.214 bits per heavy atom. The van der Waals surface area contributed by atoms with Crippen molar-refractivity contribution < 1.29 is 0 Å². The second kappa shape index (κ2) is 19.9. The summed E-state index contributed by atoms with van der Waals surface area (Å²) in [5.74, 6) is 0. The zero-order valence-electron chi connectivity index (χ0n) is 45.8. The number of hydrogen-bond donors (Lipinski definition) is 0. The molecule has 3 heterocycles. The summed E-state index contributed by atoms with van der Waals surface area (Å²) in [6, 6.07) is 106. The lowest BCUT2D eigenvalue weighted by atomic mass is 9.67. The van der Waals surface area contributed by atoms with Gasteiger partial charge in [-0.1, -0.05) is 267 Å². The van der Waals surface area contributed by atoms with Gasteiger partial charge in [0.25, 0.3) is 0 Å². The molecular formula is C80H52N4. The Hall–Kier alpha value is -10.9. The van der Waals surface area contributed by atoms with E-state index >= 15 is 0 Å². The van der Waals surface area contributed by atoms with Crippen molar-refractivity contribution in [3.05, 3.63) is 360 Å². The molecule has 0 bridgehead atoms. The van der Waals surface area contributed by atoms with E-state index in [0.717, 1.165) is 78.1 Å². The van der Waals surface area contributed by atoms with Crippen LogP contribution in [0.4, 0.5) is 0 Å². The topological polar surface area (TPSA) is 51.6 Å². The zero-order valence-corrected chi connectivity index (χ0v) is 45.8. The number of rotatable bonds is 10. The SMILES string of the molecule is c1ccc(C2(c3ccccc3)c3ccccc3-c3ccc(-c4ccc(-c5ccc6c(c5)C(c5ccccc5)(c5ccccc5)c5ccccc5-6)c5nc(-c6ccc(-c7cccnc7)cc6)c(-c6ccc(-c7cccnc7)cc6)nc45)cc32)cc1. The highest BCUT2D eigenvalue weighted by Crippen LogP contribution is 2.59. The second-order valence-corrected chi connectivity index (χ2v) is 22.0. The molecule has 11 aromatic carbocycles. The average molecular weight is 1070 g/mol. The fourth-order valence-corrected chi connectivity index (χ4v) is 13.9. The molecule has 3 aromatic heterocycles. The van der Waals surface area contributed by atoms with Crippen molar-refractivity contribution in [1.29, 1.82) is 0 Å². The van der Waals surface area contributed by atoms with Crippen molar-refractivity contribution in [2.24, 2.45) is 0 Å². The smallest absolute Gasteiger partial charge is 0.0979 e. The van der Waals surface area contributed by atoms with Gasteiger partial charge in [0, 0.05) is 47.0 Å². The first-order chi connectivity index (χ1) is 41.7. The maximum Gasteiger partial charge on any atom is 0.0979 e. The molecule has 0 saturated carbocycles. The molecule has 4 nitrogen and oxygen atoms in total. The van der Waals surface area contributed by atoms with Gasteiger partial charge in [0.1, 0.15) is 0 Å². The van der Waals surface area contributed by atoms with Crippen molar-refractivity contribution in [3.63, 3.8) is 0 Å². The Kier molecular flexibility index (Phi) is 11.6. The van der Waals surface area contributed by atoms with Gasteiger partial charge in [0.2, 0.25) is 0 Å². The maximum atomic E-state index is 6.00. The van der Waals surface area contributed by atoms with Crippen LogP contribution in [0.2, 0.25) is 0 Å². The van der Waals surface area contributed by atoms with E-state index in [0.29, 0.717) is 0 Å². The summed E-state index contributed by atoms with van der Waals surface area (Å²) < 4.78 is 0. The Morgan fingerprint density at radius 2 is 0.524 bits per heavy atom. The van der Waals surface area contributed by atoms with E-state index in [-0.39, 0.29) is 0 Å². The van der Waals surface area contributed by atoms with Crippen LogP contribution in [0.3, 0.4) is 0 Å². The fourth-order valence-electron chi connectivity index (χ4n) is 13.9. The molecule has 0 amide bonds. The van der Waals surface area contributed by atoms with Crippen LogP contribution in [0.25, 0.3) is 100 Å². The van der Waals surface area contributed by atoms with Gasteiger partial charge in [-0.05, 0) is 124 Å². The molecule has 0 N–H and O–H groups in total. The highest BCUT2D eigenvalue weighted by Gasteiger charge is 2.48. The first kappa shape index (κ1) is 48.9. The molecule has 0 aliphatic heterocycles. The number of hydrogen-bond acceptors (Lipinski definition) is 4. The molecule has 0 fully saturated rings. The van der Waals surface area contributed by atoms with Crippen LogP contribution in [0.1, 0.15) is 44.5 Å². The first-order valence-electron chi connectivity index (χ1n) is 28.7. The van der Waals surface area contributed by atoms with Gasteiger partial charge in [-0.3, -0.25) is 9.97 Å². The van der Waals surface area contributed by atoms with Crippen LogP contribution in [-0.2, 0) is 10.8 Å². The molecule has 14 aromatic rings. The van der Waals surface area contributed by atoms with Crippen molar-refractivity contribution in [2.75, 3.05) is 0 Å². The predicted octanol–water partition coefficient (Wildman–Crippen LogP) is 19.1. The van der Waals surface area contributed by atoms with Crippen LogP contribution in [0.5, 0.6) is 0 Å². The third-order valence-electron chi connectivity index (χ3n) is 17.7. The van der Waals surface area contributed by atoms with Gasteiger partial charge in [0.05, 0.1) is 33.3 Å². The minimum Gasteiger partial charge on any atom is -0.264 e. The summed E-state index contributed by atoms with van der Waals surface area (Å²) in [5, 5.41) is 0. The molecule has 392 valence electrons. The number of aromatic nitrogens is 4. The summed E-state index contributed by atoms with van der Waals surface area (Å²) in [5.41, 5.74) is 27.1. The van der Waals surface area contributed by atoms with Gasteiger partial charge in [-0.25, -0.2) is 9.97 Å². The molecular weight excluding hydrogens is 1020 g/mol. The lowest BCUT2D eigenvalue weighted by Crippen LogP contribution is -2.28. The van der Waals surface area contributed by atoms with E-state index in [2.05, 4.69) is 289 Å². The Bertz CT molecular complexity index is 4390. The average Bonchev–Trinajstić information content (AvgIpc) is 1.79. The lowest BCUT2D eigenvalue weighted by molar-refractivity contribution is 0.769. The number of nitrogens with zero attached hydrogens (tertiary/aromatic N) is 4. The summed E-state index contributed by atoms with van der Waals surface area (Å²) in [6.07, 6.45) is 7.45. The van der Waals surface area contributed by atoms with Crippen molar-refractivity contribution in [3.8, 4) is 89.3 Å². The standard InChI is InChI=1S/C80H52N4/c1-5-21-61(22-6-1)79(62-23-7-2-8-24-62)71-31-15-13-29-67(71)69-43-41-57(49-73(69)79)65-45-46-66(58-42-44-70-68-30-14-16-32-72(68)80(74(70)50-58,63-25-9-3-10-26-63)64-27-11-4-12-28-64)78-77(65)83-75(55-37-33-53(34-38-55)59-19-17-47-81-51-59)76(84-78)56-39-35-54(36-40-56)60-20-18-48-82-52-60/h1-52H. The van der Waals surface area contributed by atoms with E-state index in [9.17, 15) is 0 Å². The molecule has 84 heavy (non-hydrogen) atoms. The minimum atomic E-state index is -0.589. The van der Waals surface area contributed by atoms with E-state index in [1.165, 1.54) is 66.8 Å². The van der Waals surface area contributed by atoms with Crippen LogP contribution in [-0.4, -0.2) is 19.9 Å². The van der Waals surface area contributed by atoms with Gasteiger partial charge < -0.3 is 0 Å². The maximum absolute atomic E-state index is 6.00. The Labute approximate surface area is 488 Å². The van der Waals surface area contributed by atoms with E-state index in [1.807, 2.05) is 36.9 Å². The highest BCUT2D eigenvalue weighted by atomic mass is 14.8. The molecule has 0 saturated heterocycles.